The quantitative estimate of drug-likeness (QED) is 0.343. The number of halogens is 1. The minimum Gasteiger partial charge on any atom is -0.532 e. The largest absolute Gasteiger partial charge is 0.532 e. The molecule has 0 bridgehead atoms. The molecule has 132 valence electrons. The Kier molecular flexibility index (Phi) is 6.28. The van der Waals surface area contributed by atoms with Crippen molar-refractivity contribution in [1.29, 1.82) is 0 Å². The Hall–Kier alpha value is -1.11. The van der Waals surface area contributed by atoms with Gasteiger partial charge in [0.2, 0.25) is 8.32 Å². The zero-order chi connectivity index (χ0) is 17.8. The molecule has 0 radical (unpaired) electrons. The van der Waals surface area contributed by atoms with Gasteiger partial charge >= 0.3 is 0 Å². The molecule has 1 saturated heterocycles. The number of rotatable bonds is 8. The lowest BCUT2D eigenvalue weighted by Crippen LogP contribution is -2.46. The fourth-order valence-electron chi connectivity index (χ4n) is 2.28. The van der Waals surface area contributed by atoms with Gasteiger partial charge in [-0.3, -0.25) is 0 Å². The first-order valence-corrected chi connectivity index (χ1v) is 12.4. The lowest BCUT2D eigenvalue weighted by Gasteiger charge is -2.40. The summed E-state index contributed by atoms with van der Waals surface area (Å²) in [4.78, 5) is 4.35. The van der Waals surface area contributed by atoms with Gasteiger partial charge in [-0.1, -0.05) is 22.9 Å². The predicted octanol–water partition coefficient (Wildman–Crippen LogP) is 5.00. The molecule has 0 spiro atoms. The number of aliphatic imine (C=N–C) groups is 1. The number of hydrogen-bond donors (Lipinski definition) is 0. The maximum atomic E-state index is 6.07. The van der Waals surface area contributed by atoms with Crippen molar-refractivity contribution >= 4 is 30.5 Å². The fourth-order valence-corrected chi connectivity index (χ4v) is 3.42. The molecular weight excluding hydrogens is 386 g/mol. The molecule has 0 unspecified atom stereocenters. The third-order valence-corrected chi connectivity index (χ3v) is 5.19. The van der Waals surface area contributed by atoms with E-state index in [1.54, 1.807) is 6.21 Å². The van der Waals surface area contributed by atoms with Crippen LogP contribution in [-0.4, -0.2) is 34.4 Å². The highest BCUT2D eigenvalue weighted by molar-refractivity contribution is 9.10. The van der Waals surface area contributed by atoms with Gasteiger partial charge in [-0.2, -0.15) is 0 Å². The molecule has 0 aromatic heterocycles. The van der Waals surface area contributed by atoms with Gasteiger partial charge in [-0.25, -0.2) is 4.99 Å². The Balaban J connectivity index is 2.08. The van der Waals surface area contributed by atoms with Crippen LogP contribution in [-0.2, 0) is 9.16 Å². The summed E-state index contributed by atoms with van der Waals surface area (Å²) >= 11 is 3.50. The maximum Gasteiger partial charge on any atom is 0.244 e. The van der Waals surface area contributed by atoms with Gasteiger partial charge in [0.15, 0.2) is 5.88 Å². The van der Waals surface area contributed by atoms with Gasteiger partial charge in [0.25, 0.3) is 0 Å². The van der Waals surface area contributed by atoms with Crippen molar-refractivity contribution in [3.05, 3.63) is 40.7 Å². The molecule has 0 atom stereocenters. The molecule has 1 fully saturated rings. The molecule has 24 heavy (non-hydrogen) atoms. The second-order valence-electron chi connectivity index (χ2n) is 7.18. The molecule has 0 N–H and O–H groups in total. The number of benzene rings is 1. The summed E-state index contributed by atoms with van der Waals surface area (Å²) in [5, 5.41) is 0. The zero-order valence-electron chi connectivity index (χ0n) is 14.9. The van der Waals surface area contributed by atoms with E-state index in [1.807, 2.05) is 18.2 Å². The van der Waals surface area contributed by atoms with Crippen molar-refractivity contribution in [1.82, 2.24) is 0 Å². The van der Waals surface area contributed by atoms with Gasteiger partial charge in [-0.15, -0.1) is 0 Å². The topological polar surface area (TPSA) is 40.0 Å². The standard InChI is InChI=1S/C18H26BrNO3Si/c1-6-18(11-21-12-18)13-22-17-8-7-16(19)9-15(17)10-20-14(2)23-24(3,4)5/h7-10H,2,6,11-13H2,1,3-5H3/b20-10+. The molecule has 1 aromatic carbocycles. The van der Waals surface area contributed by atoms with E-state index in [0.717, 1.165) is 35.4 Å². The van der Waals surface area contributed by atoms with E-state index >= 15 is 0 Å². The molecule has 0 aliphatic carbocycles. The van der Waals surface area contributed by atoms with E-state index < -0.39 is 8.32 Å². The summed E-state index contributed by atoms with van der Waals surface area (Å²) in [7, 11) is -1.69. The van der Waals surface area contributed by atoms with E-state index in [2.05, 4.69) is 54.1 Å². The minimum atomic E-state index is -1.69. The average molecular weight is 412 g/mol. The van der Waals surface area contributed by atoms with Crippen LogP contribution in [0.5, 0.6) is 5.75 Å². The Morgan fingerprint density at radius 3 is 2.67 bits per heavy atom. The van der Waals surface area contributed by atoms with Crippen molar-refractivity contribution in [2.24, 2.45) is 10.4 Å². The van der Waals surface area contributed by atoms with Crippen molar-refractivity contribution < 1.29 is 13.9 Å². The summed E-state index contributed by atoms with van der Waals surface area (Å²) in [6.07, 6.45) is 2.80. The van der Waals surface area contributed by atoms with E-state index in [9.17, 15) is 0 Å². The lowest BCUT2D eigenvalue weighted by molar-refractivity contribution is -0.133. The van der Waals surface area contributed by atoms with Gasteiger partial charge < -0.3 is 13.9 Å². The number of hydrogen-bond acceptors (Lipinski definition) is 4. The predicted molar refractivity (Wildman–Crippen MR) is 104 cm³/mol. The van der Waals surface area contributed by atoms with Crippen LogP contribution in [0.4, 0.5) is 0 Å². The molecule has 1 aromatic rings. The highest BCUT2D eigenvalue weighted by Gasteiger charge is 2.37. The van der Waals surface area contributed by atoms with E-state index in [4.69, 9.17) is 13.9 Å². The second-order valence-corrected chi connectivity index (χ2v) is 12.5. The van der Waals surface area contributed by atoms with E-state index in [1.165, 1.54) is 0 Å². The highest BCUT2D eigenvalue weighted by Crippen LogP contribution is 2.33. The third kappa shape index (κ3) is 5.46. The lowest BCUT2D eigenvalue weighted by atomic mass is 9.84. The first-order valence-electron chi connectivity index (χ1n) is 8.15. The molecule has 4 nitrogen and oxygen atoms in total. The normalized spacial score (nSPS) is 16.7. The maximum absolute atomic E-state index is 6.07. The van der Waals surface area contributed by atoms with Crippen molar-refractivity contribution in [2.45, 2.75) is 33.0 Å². The van der Waals surface area contributed by atoms with Crippen LogP contribution >= 0.6 is 15.9 Å². The van der Waals surface area contributed by atoms with Gasteiger partial charge in [-0.05, 0) is 50.8 Å². The van der Waals surface area contributed by atoms with Crippen LogP contribution in [0.1, 0.15) is 18.9 Å². The first-order chi connectivity index (χ1) is 11.2. The molecule has 0 amide bonds. The Morgan fingerprint density at radius 2 is 2.12 bits per heavy atom. The van der Waals surface area contributed by atoms with Crippen LogP contribution in [0.25, 0.3) is 0 Å². The van der Waals surface area contributed by atoms with E-state index in [-0.39, 0.29) is 5.41 Å². The zero-order valence-corrected chi connectivity index (χ0v) is 17.5. The number of nitrogens with zero attached hydrogens (tertiary/aromatic N) is 1. The summed E-state index contributed by atoms with van der Waals surface area (Å²) in [5.41, 5.74) is 1.04. The summed E-state index contributed by atoms with van der Waals surface area (Å²) < 4.78 is 18.2. The van der Waals surface area contributed by atoms with Crippen LogP contribution in [0, 0.1) is 5.41 Å². The van der Waals surface area contributed by atoms with Gasteiger partial charge in [0, 0.05) is 16.3 Å². The molecule has 1 heterocycles. The molecule has 6 heteroatoms. The number of ether oxygens (including phenoxy) is 2. The average Bonchev–Trinajstić information content (AvgIpc) is 2.44. The SMILES string of the molecule is C=C(/N=C/c1cc(Br)ccc1OCC1(CC)COC1)O[Si](C)(C)C. The van der Waals surface area contributed by atoms with Crippen LogP contribution in [0.3, 0.4) is 0 Å². The van der Waals surface area contributed by atoms with Crippen molar-refractivity contribution in [3.63, 3.8) is 0 Å². The molecule has 1 aliphatic heterocycles. The fraction of sp³-hybridized carbons (Fsp3) is 0.500. The molecule has 2 rings (SSSR count). The monoisotopic (exact) mass is 411 g/mol. The third-order valence-electron chi connectivity index (χ3n) is 3.84. The van der Waals surface area contributed by atoms with Crippen LogP contribution < -0.4 is 4.74 Å². The van der Waals surface area contributed by atoms with Crippen LogP contribution in [0.2, 0.25) is 19.6 Å². The second kappa shape index (κ2) is 7.85. The van der Waals surface area contributed by atoms with Crippen molar-refractivity contribution in [3.8, 4) is 5.75 Å². The molecular formula is C18H26BrNO3Si. The molecule has 0 saturated carbocycles. The Labute approximate surface area is 154 Å². The Morgan fingerprint density at radius 1 is 1.42 bits per heavy atom. The summed E-state index contributed by atoms with van der Waals surface area (Å²) in [6.45, 7) is 14.5. The Bertz CT molecular complexity index is 616. The summed E-state index contributed by atoms with van der Waals surface area (Å²) in [5.74, 6) is 1.25. The van der Waals surface area contributed by atoms with Gasteiger partial charge in [0.1, 0.15) is 5.75 Å². The molecule has 1 aliphatic rings. The minimum absolute atomic E-state index is 0.145. The first kappa shape index (κ1) is 19.2. The summed E-state index contributed by atoms with van der Waals surface area (Å²) in [6, 6.07) is 5.91. The van der Waals surface area contributed by atoms with Crippen molar-refractivity contribution in [2.75, 3.05) is 19.8 Å². The van der Waals surface area contributed by atoms with Gasteiger partial charge in [0.05, 0.1) is 25.2 Å². The van der Waals surface area contributed by atoms with Crippen LogP contribution in [0.15, 0.2) is 40.1 Å². The van der Waals surface area contributed by atoms with E-state index in [0.29, 0.717) is 12.5 Å². The highest BCUT2D eigenvalue weighted by atomic mass is 79.9. The smallest absolute Gasteiger partial charge is 0.244 e.